The molecule has 3 aromatic heterocycles. The third-order valence-corrected chi connectivity index (χ3v) is 3.19. The summed E-state index contributed by atoms with van der Waals surface area (Å²) in [5, 5.41) is 16.1. The van der Waals surface area contributed by atoms with Crippen molar-refractivity contribution < 1.29 is 14.3 Å². The van der Waals surface area contributed by atoms with Crippen molar-refractivity contribution in [2.75, 3.05) is 12.4 Å². The minimum absolute atomic E-state index is 0.177. The molecule has 0 fully saturated rings. The second-order valence-electron chi connectivity index (χ2n) is 4.85. The van der Waals surface area contributed by atoms with E-state index in [4.69, 9.17) is 0 Å². The van der Waals surface area contributed by atoms with Crippen LogP contribution in [0.25, 0.3) is 11.5 Å². The predicted octanol–water partition coefficient (Wildman–Crippen LogP) is 0.937. The molecule has 1 amide bonds. The minimum atomic E-state index is -0.569. The van der Waals surface area contributed by atoms with Crippen molar-refractivity contribution >= 4 is 17.6 Å². The van der Waals surface area contributed by atoms with E-state index in [2.05, 4.69) is 40.6 Å². The number of hydrogen-bond donors (Lipinski definition) is 3. The molecule has 0 aromatic carbocycles. The number of rotatable bonds is 4. The van der Waals surface area contributed by atoms with E-state index in [1.54, 1.807) is 13.0 Å². The Bertz CT molecular complexity index is 886. The van der Waals surface area contributed by atoms with E-state index in [0.717, 1.165) is 0 Å². The average Bonchev–Trinajstić information content (AvgIpc) is 3.24. The van der Waals surface area contributed by atoms with Crippen LogP contribution >= 0.6 is 0 Å². The summed E-state index contributed by atoms with van der Waals surface area (Å²) in [7, 11) is 1.27. The first-order valence-corrected chi connectivity index (χ1v) is 6.87. The molecular weight excluding hydrogens is 314 g/mol. The molecule has 3 rings (SSSR count). The van der Waals surface area contributed by atoms with Crippen molar-refractivity contribution in [1.82, 2.24) is 30.6 Å². The Hall–Kier alpha value is -3.56. The summed E-state index contributed by atoms with van der Waals surface area (Å²) < 4.78 is 4.69. The lowest BCUT2D eigenvalue weighted by atomic mass is 10.2. The molecule has 0 aliphatic heterocycles. The number of methoxy groups -OCH3 is 1. The van der Waals surface area contributed by atoms with Gasteiger partial charge in [0.05, 0.1) is 12.8 Å². The standard InChI is InChI=1S/C14H13N7O3/c1-7-5-9(11(16-7)14(23)24-2)17-13(22)8-3-4-15-10(6-8)12-18-20-21-19-12/h3-6,16H,1-2H3,(H,17,22)(H,18,19,20,21). The van der Waals surface area contributed by atoms with Crippen LogP contribution in [0.2, 0.25) is 0 Å². The highest BCUT2D eigenvalue weighted by Crippen LogP contribution is 2.19. The van der Waals surface area contributed by atoms with Crippen molar-refractivity contribution in [3.63, 3.8) is 0 Å². The van der Waals surface area contributed by atoms with Gasteiger partial charge in [0.2, 0.25) is 5.82 Å². The van der Waals surface area contributed by atoms with Crippen LogP contribution in [0.3, 0.4) is 0 Å². The number of H-pyrrole nitrogens is 2. The highest BCUT2D eigenvalue weighted by Gasteiger charge is 2.18. The normalized spacial score (nSPS) is 10.4. The molecular formula is C14H13N7O3. The Morgan fingerprint density at radius 3 is 2.83 bits per heavy atom. The van der Waals surface area contributed by atoms with Gasteiger partial charge in [-0.05, 0) is 30.3 Å². The second-order valence-corrected chi connectivity index (χ2v) is 4.85. The van der Waals surface area contributed by atoms with Gasteiger partial charge in [-0.3, -0.25) is 9.78 Å². The zero-order chi connectivity index (χ0) is 17.1. The first kappa shape index (κ1) is 15.3. The molecule has 3 N–H and O–H groups in total. The Labute approximate surface area is 135 Å². The number of aromatic nitrogens is 6. The molecule has 0 atom stereocenters. The minimum Gasteiger partial charge on any atom is -0.464 e. The van der Waals surface area contributed by atoms with Crippen LogP contribution in [0.5, 0.6) is 0 Å². The number of nitrogens with one attached hydrogen (secondary N) is 3. The summed E-state index contributed by atoms with van der Waals surface area (Å²) in [6.45, 7) is 1.77. The number of aromatic amines is 2. The quantitative estimate of drug-likeness (QED) is 0.606. The van der Waals surface area contributed by atoms with E-state index in [1.807, 2.05) is 0 Å². The maximum Gasteiger partial charge on any atom is 0.356 e. The zero-order valence-electron chi connectivity index (χ0n) is 12.8. The topological polar surface area (TPSA) is 139 Å². The lowest BCUT2D eigenvalue weighted by molar-refractivity contribution is 0.0596. The fourth-order valence-corrected chi connectivity index (χ4v) is 2.11. The van der Waals surface area contributed by atoms with E-state index < -0.39 is 11.9 Å². The van der Waals surface area contributed by atoms with Gasteiger partial charge in [-0.1, -0.05) is 0 Å². The van der Waals surface area contributed by atoms with Crippen LogP contribution in [0.1, 0.15) is 26.5 Å². The van der Waals surface area contributed by atoms with Crippen LogP contribution < -0.4 is 5.32 Å². The molecule has 3 heterocycles. The highest BCUT2D eigenvalue weighted by molar-refractivity contribution is 6.07. The van der Waals surface area contributed by atoms with E-state index in [-0.39, 0.29) is 11.5 Å². The summed E-state index contributed by atoms with van der Waals surface area (Å²) in [6, 6.07) is 4.71. The van der Waals surface area contributed by atoms with Crippen molar-refractivity contribution in [2.45, 2.75) is 6.92 Å². The number of ether oxygens (including phenoxy) is 1. The monoisotopic (exact) mass is 327 g/mol. The van der Waals surface area contributed by atoms with Crippen molar-refractivity contribution in [3.05, 3.63) is 41.3 Å². The van der Waals surface area contributed by atoms with E-state index >= 15 is 0 Å². The summed E-state index contributed by atoms with van der Waals surface area (Å²) in [6.07, 6.45) is 1.46. The van der Waals surface area contributed by atoms with Gasteiger partial charge in [-0.15, -0.1) is 10.2 Å². The average molecular weight is 327 g/mol. The van der Waals surface area contributed by atoms with Crippen molar-refractivity contribution in [2.24, 2.45) is 0 Å². The molecule has 0 saturated carbocycles. The van der Waals surface area contributed by atoms with Gasteiger partial charge in [0.15, 0.2) is 0 Å². The number of carbonyl (C=O) groups excluding carboxylic acids is 2. The van der Waals surface area contributed by atoms with Gasteiger partial charge in [-0.2, -0.15) is 5.21 Å². The summed E-state index contributed by atoms with van der Waals surface area (Å²) >= 11 is 0. The smallest absolute Gasteiger partial charge is 0.356 e. The number of anilines is 1. The van der Waals surface area contributed by atoms with Gasteiger partial charge in [0.25, 0.3) is 5.91 Å². The molecule has 122 valence electrons. The molecule has 0 unspecified atom stereocenters. The first-order valence-electron chi connectivity index (χ1n) is 6.87. The number of tetrazole rings is 1. The third kappa shape index (κ3) is 2.97. The van der Waals surface area contributed by atoms with Crippen LogP contribution in [0.15, 0.2) is 24.4 Å². The zero-order valence-corrected chi connectivity index (χ0v) is 12.8. The molecule has 0 radical (unpaired) electrons. The second kappa shape index (κ2) is 6.28. The molecule has 10 heteroatoms. The molecule has 10 nitrogen and oxygen atoms in total. The maximum absolute atomic E-state index is 12.4. The largest absolute Gasteiger partial charge is 0.464 e. The molecule has 0 spiro atoms. The first-order chi connectivity index (χ1) is 11.6. The van der Waals surface area contributed by atoms with E-state index in [1.165, 1.54) is 25.4 Å². The molecule has 3 aromatic rings. The van der Waals surface area contributed by atoms with Crippen LogP contribution in [-0.4, -0.2) is 49.6 Å². The van der Waals surface area contributed by atoms with Crippen molar-refractivity contribution in [3.8, 4) is 11.5 Å². The fraction of sp³-hybridized carbons (Fsp3) is 0.143. The maximum atomic E-state index is 12.4. The van der Waals surface area contributed by atoms with E-state index in [9.17, 15) is 9.59 Å². The number of amides is 1. The van der Waals surface area contributed by atoms with Gasteiger partial charge in [-0.25, -0.2) is 4.79 Å². The Balaban J connectivity index is 1.86. The van der Waals surface area contributed by atoms with Crippen LogP contribution in [0, 0.1) is 6.92 Å². The summed E-state index contributed by atoms with van der Waals surface area (Å²) in [5.74, 6) is -0.704. The lowest BCUT2D eigenvalue weighted by Crippen LogP contribution is -2.15. The Morgan fingerprint density at radius 1 is 1.29 bits per heavy atom. The summed E-state index contributed by atoms with van der Waals surface area (Å²) in [4.78, 5) is 31.1. The molecule has 0 aliphatic rings. The number of pyridine rings is 1. The predicted molar refractivity (Wildman–Crippen MR) is 82.2 cm³/mol. The van der Waals surface area contributed by atoms with Gasteiger partial charge >= 0.3 is 5.97 Å². The number of aryl methyl sites for hydroxylation is 1. The molecule has 24 heavy (non-hydrogen) atoms. The van der Waals surface area contributed by atoms with Gasteiger partial charge in [0, 0.05) is 17.5 Å². The van der Waals surface area contributed by atoms with E-state index in [0.29, 0.717) is 22.6 Å². The number of nitrogens with zero attached hydrogens (tertiary/aromatic N) is 4. The lowest BCUT2D eigenvalue weighted by Gasteiger charge is -2.06. The highest BCUT2D eigenvalue weighted by atomic mass is 16.5. The molecule has 0 aliphatic carbocycles. The molecule has 0 bridgehead atoms. The Morgan fingerprint density at radius 2 is 2.12 bits per heavy atom. The van der Waals surface area contributed by atoms with Crippen molar-refractivity contribution in [1.29, 1.82) is 0 Å². The number of hydrogen-bond acceptors (Lipinski definition) is 7. The SMILES string of the molecule is COC(=O)c1[nH]c(C)cc1NC(=O)c1ccnc(-c2nn[nH]n2)c1. The fourth-order valence-electron chi connectivity index (χ4n) is 2.11. The number of carbonyl (C=O) groups is 2. The Kier molecular flexibility index (Phi) is 4.01. The summed E-state index contributed by atoms with van der Waals surface area (Å²) in [5.41, 5.74) is 1.96. The van der Waals surface area contributed by atoms with Gasteiger partial charge < -0.3 is 15.0 Å². The van der Waals surface area contributed by atoms with Crippen LogP contribution in [0.4, 0.5) is 5.69 Å². The van der Waals surface area contributed by atoms with Gasteiger partial charge in [0.1, 0.15) is 11.4 Å². The molecule has 0 saturated heterocycles. The third-order valence-electron chi connectivity index (χ3n) is 3.19. The number of esters is 1. The van der Waals surface area contributed by atoms with Crippen LogP contribution in [-0.2, 0) is 4.74 Å².